The van der Waals surface area contributed by atoms with Gasteiger partial charge >= 0.3 is 5.51 Å². The van der Waals surface area contributed by atoms with Gasteiger partial charge in [0.05, 0.1) is 16.0 Å². The predicted molar refractivity (Wildman–Crippen MR) is 106 cm³/mol. The van der Waals surface area contributed by atoms with Gasteiger partial charge in [-0.3, -0.25) is 0 Å². The van der Waals surface area contributed by atoms with E-state index in [-0.39, 0.29) is 0 Å². The van der Waals surface area contributed by atoms with E-state index in [4.69, 9.17) is 16.3 Å². The van der Waals surface area contributed by atoms with Gasteiger partial charge in [-0.15, -0.1) is 0 Å². The van der Waals surface area contributed by atoms with E-state index in [2.05, 4.69) is 0 Å². The van der Waals surface area contributed by atoms with E-state index < -0.39 is 31.9 Å². The maximum Gasteiger partial charge on any atom is 0.501 e. The fourth-order valence-electron chi connectivity index (χ4n) is 4.06. The van der Waals surface area contributed by atoms with Gasteiger partial charge in [-0.05, 0) is 30.3 Å². The van der Waals surface area contributed by atoms with Crippen LogP contribution in [0.5, 0.6) is 5.75 Å². The standard InChI is InChI=1S/C20H19ClF3NO4S/c21-16-3-1-2-15-17(26)12-19(29-18(15)16)8-10-25(11-9-19)13-4-6-14(7-5-13)30(27,28)20(22,23)24/h1-7,17,26H,8-12H2. The zero-order valence-corrected chi connectivity index (χ0v) is 17.3. The van der Waals surface area contributed by atoms with E-state index in [0.717, 1.165) is 12.1 Å². The molecular formula is C20H19ClF3NO4S. The maximum absolute atomic E-state index is 12.7. The van der Waals surface area contributed by atoms with Crippen molar-refractivity contribution in [2.45, 2.75) is 41.4 Å². The number of alkyl halides is 3. The second-order valence-corrected chi connectivity index (χ2v) is 9.94. The summed E-state index contributed by atoms with van der Waals surface area (Å²) in [6.45, 7) is 1.08. The number of rotatable bonds is 2. The van der Waals surface area contributed by atoms with E-state index in [0.29, 0.717) is 54.4 Å². The van der Waals surface area contributed by atoms with Crippen LogP contribution in [0.1, 0.15) is 30.9 Å². The summed E-state index contributed by atoms with van der Waals surface area (Å²) in [4.78, 5) is 1.17. The SMILES string of the molecule is O=S(=O)(c1ccc(N2CCC3(CC2)CC(O)c2cccc(Cl)c2O3)cc1)C(F)(F)F. The molecule has 4 rings (SSSR count). The highest BCUT2D eigenvalue weighted by molar-refractivity contribution is 7.92. The fourth-order valence-corrected chi connectivity index (χ4v) is 5.05. The summed E-state index contributed by atoms with van der Waals surface area (Å²) in [5, 5.41) is 11.0. The van der Waals surface area contributed by atoms with Crippen molar-refractivity contribution in [2.75, 3.05) is 18.0 Å². The largest absolute Gasteiger partial charge is 0.501 e. The molecule has 1 saturated heterocycles. The van der Waals surface area contributed by atoms with Crippen LogP contribution in [0.15, 0.2) is 47.4 Å². The lowest BCUT2D eigenvalue weighted by Crippen LogP contribution is -2.50. The van der Waals surface area contributed by atoms with Crippen molar-refractivity contribution in [1.82, 2.24) is 0 Å². The van der Waals surface area contributed by atoms with Crippen LogP contribution in [0.3, 0.4) is 0 Å². The summed E-state index contributed by atoms with van der Waals surface area (Å²) >= 11 is 6.24. The average Bonchev–Trinajstić information content (AvgIpc) is 2.69. The van der Waals surface area contributed by atoms with Gasteiger partial charge in [0.25, 0.3) is 9.84 Å². The molecule has 0 amide bonds. The normalized spacial score (nSPS) is 21.2. The number of hydrogen-bond acceptors (Lipinski definition) is 5. The third-order valence-electron chi connectivity index (χ3n) is 5.73. The predicted octanol–water partition coefficient (Wildman–Crippen LogP) is 4.49. The van der Waals surface area contributed by atoms with Crippen LogP contribution in [0, 0.1) is 0 Å². The Balaban J connectivity index is 1.49. The van der Waals surface area contributed by atoms with Crippen LogP contribution in [0.4, 0.5) is 18.9 Å². The maximum atomic E-state index is 12.7. The lowest BCUT2D eigenvalue weighted by atomic mass is 9.81. The first-order chi connectivity index (χ1) is 14.0. The van der Waals surface area contributed by atoms with Gasteiger partial charge in [0, 0.05) is 43.6 Å². The lowest BCUT2D eigenvalue weighted by Gasteiger charge is -2.46. The van der Waals surface area contributed by atoms with Gasteiger partial charge in [-0.2, -0.15) is 13.2 Å². The molecule has 2 aliphatic heterocycles. The highest BCUT2D eigenvalue weighted by atomic mass is 35.5. The Kier molecular flexibility index (Phi) is 5.19. The van der Waals surface area contributed by atoms with E-state index in [1.165, 1.54) is 12.1 Å². The third kappa shape index (κ3) is 3.63. The summed E-state index contributed by atoms with van der Waals surface area (Å²) < 4.78 is 67.4. The zero-order chi connectivity index (χ0) is 21.7. The van der Waals surface area contributed by atoms with Crippen molar-refractivity contribution >= 4 is 27.1 Å². The minimum absolute atomic E-state index is 0.428. The van der Waals surface area contributed by atoms with Gasteiger partial charge in [-0.1, -0.05) is 23.7 Å². The smallest absolute Gasteiger partial charge is 0.485 e. The molecule has 0 bridgehead atoms. The minimum atomic E-state index is -5.36. The Labute approximate surface area is 176 Å². The molecule has 10 heteroatoms. The molecule has 2 aromatic carbocycles. The van der Waals surface area contributed by atoms with Crippen molar-refractivity contribution in [1.29, 1.82) is 0 Å². The molecule has 2 heterocycles. The highest BCUT2D eigenvalue weighted by Gasteiger charge is 2.47. The average molecular weight is 462 g/mol. The quantitative estimate of drug-likeness (QED) is 0.713. The summed E-state index contributed by atoms with van der Waals surface area (Å²) in [7, 11) is -5.36. The number of para-hydroxylation sites is 1. The number of sulfone groups is 1. The van der Waals surface area contributed by atoms with E-state index >= 15 is 0 Å². The molecule has 0 saturated carbocycles. The number of aliphatic hydroxyl groups is 1. The summed E-state index contributed by atoms with van der Waals surface area (Å²) in [6.07, 6.45) is 0.900. The molecule has 30 heavy (non-hydrogen) atoms. The molecule has 2 aromatic rings. The highest BCUT2D eigenvalue weighted by Crippen LogP contribution is 2.47. The third-order valence-corrected chi connectivity index (χ3v) is 7.53. The fraction of sp³-hybridized carbons (Fsp3) is 0.400. The molecule has 5 nitrogen and oxygen atoms in total. The Hall–Kier alpha value is -1.97. The van der Waals surface area contributed by atoms with Crippen molar-refractivity contribution in [2.24, 2.45) is 0 Å². The molecule has 1 atom stereocenters. The first kappa shape index (κ1) is 21.3. The molecule has 0 radical (unpaired) electrons. The number of anilines is 1. The van der Waals surface area contributed by atoms with E-state index in [1.807, 2.05) is 4.90 Å². The summed E-state index contributed by atoms with van der Waals surface area (Å²) in [5.41, 5.74) is -4.62. The number of aliphatic hydroxyl groups excluding tert-OH is 1. The van der Waals surface area contributed by atoms with Gasteiger partial charge in [0.1, 0.15) is 11.4 Å². The van der Waals surface area contributed by atoms with Gasteiger partial charge in [0.2, 0.25) is 0 Å². The van der Waals surface area contributed by atoms with Gasteiger partial charge in [-0.25, -0.2) is 8.42 Å². The van der Waals surface area contributed by atoms with Crippen molar-refractivity contribution in [3.05, 3.63) is 53.1 Å². The first-order valence-corrected chi connectivity index (χ1v) is 11.2. The number of nitrogens with zero attached hydrogens (tertiary/aromatic N) is 1. The molecule has 162 valence electrons. The van der Waals surface area contributed by atoms with Gasteiger partial charge in [0.15, 0.2) is 0 Å². The van der Waals surface area contributed by atoms with E-state index in [9.17, 15) is 26.7 Å². The minimum Gasteiger partial charge on any atom is -0.485 e. The summed E-state index contributed by atoms with van der Waals surface area (Å²) in [6, 6.07) is 9.94. The monoisotopic (exact) mass is 461 g/mol. The number of benzene rings is 2. The molecule has 2 aliphatic rings. The topological polar surface area (TPSA) is 66.8 Å². The Morgan fingerprint density at radius 2 is 1.73 bits per heavy atom. The Morgan fingerprint density at radius 3 is 2.33 bits per heavy atom. The van der Waals surface area contributed by atoms with Crippen LogP contribution in [-0.2, 0) is 9.84 Å². The Morgan fingerprint density at radius 1 is 1.10 bits per heavy atom. The van der Waals surface area contributed by atoms with Crippen LogP contribution < -0.4 is 9.64 Å². The molecule has 1 fully saturated rings. The van der Waals surface area contributed by atoms with Crippen LogP contribution >= 0.6 is 11.6 Å². The number of ether oxygens (including phenoxy) is 1. The number of halogens is 4. The van der Waals surface area contributed by atoms with Gasteiger partial charge < -0.3 is 14.7 Å². The molecule has 0 aliphatic carbocycles. The lowest BCUT2D eigenvalue weighted by molar-refractivity contribution is -0.0436. The first-order valence-electron chi connectivity index (χ1n) is 9.34. The zero-order valence-electron chi connectivity index (χ0n) is 15.7. The van der Waals surface area contributed by atoms with E-state index in [1.54, 1.807) is 18.2 Å². The van der Waals surface area contributed by atoms with Crippen molar-refractivity contribution < 1.29 is 31.4 Å². The second kappa shape index (κ2) is 7.32. The van der Waals surface area contributed by atoms with Crippen molar-refractivity contribution in [3.63, 3.8) is 0 Å². The van der Waals surface area contributed by atoms with Crippen LogP contribution in [0.2, 0.25) is 5.02 Å². The molecular weight excluding hydrogens is 443 g/mol. The molecule has 1 spiro atoms. The molecule has 1 N–H and O–H groups in total. The number of fused-ring (bicyclic) bond motifs is 1. The Bertz CT molecular complexity index is 1050. The number of hydrogen-bond donors (Lipinski definition) is 1. The van der Waals surface area contributed by atoms with Crippen LogP contribution in [-0.4, -0.2) is 37.7 Å². The van der Waals surface area contributed by atoms with Crippen molar-refractivity contribution in [3.8, 4) is 5.75 Å². The summed E-state index contributed by atoms with van der Waals surface area (Å²) in [5.74, 6) is 0.494. The molecule has 1 unspecified atom stereocenters. The van der Waals surface area contributed by atoms with Crippen LogP contribution in [0.25, 0.3) is 0 Å². The second-order valence-electron chi connectivity index (χ2n) is 7.59. The number of piperidine rings is 1. The molecule has 0 aromatic heterocycles.